The molecule has 0 aliphatic rings. The molecule has 0 spiro atoms. The summed E-state index contributed by atoms with van der Waals surface area (Å²) in [6, 6.07) is 32.4. The molecule has 1 amide bonds. The molecule has 7 nitrogen and oxygen atoms in total. The maximum Gasteiger partial charge on any atom is 0.228 e. The molecule has 0 aliphatic heterocycles. The predicted octanol–water partition coefficient (Wildman–Crippen LogP) is 7.58. The highest BCUT2D eigenvalue weighted by Gasteiger charge is 2.16. The topological polar surface area (TPSA) is 99.3 Å². The number of pyridine rings is 1. The Bertz CT molecular complexity index is 2040. The lowest BCUT2D eigenvalue weighted by Crippen LogP contribution is -2.14. The minimum atomic E-state index is -0.0380. The summed E-state index contributed by atoms with van der Waals surface area (Å²) in [5, 5.41) is 11.9. The van der Waals surface area contributed by atoms with E-state index in [9.17, 15) is 4.79 Å². The lowest BCUT2D eigenvalue weighted by molar-refractivity contribution is -0.115. The zero-order valence-corrected chi connectivity index (χ0v) is 23.1. The van der Waals surface area contributed by atoms with Crippen LogP contribution < -0.4 is 5.32 Å². The Kier molecular flexibility index (Phi) is 6.52. The van der Waals surface area contributed by atoms with Gasteiger partial charge in [0.05, 0.1) is 23.0 Å². The van der Waals surface area contributed by atoms with E-state index in [1.54, 1.807) is 12.4 Å². The number of hydrogen-bond acceptors (Lipinski definition) is 4. The first-order valence-corrected chi connectivity index (χ1v) is 14.0. The first-order valence-electron chi connectivity index (χ1n) is 14.0. The minimum absolute atomic E-state index is 0.0380. The summed E-state index contributed by atoms with van der Waals surface area (Å²) in [4.78, 5) is 25.4. The van der Waals surface area contributed by atoms with Crippen LogP contribution in [0.25, 0.3) is 55.7 Å². The average molecular weight is 549 g/mol. The van der Waals surface area contributed by atoms with Crippen molar-refractivity contribution >= 4 is 33.5 Å². The lowest BCUT2D eigenvalue weighted by Gasteiger charge is -2.11. The number of aromatic amines is 2. The monoisotopic (exact) mass is 548 g/mol. The van der Waals surface area contributed by atoms with E-state index in [0.717, 1.165) is 73.1 Å². The number of nitrogens with one attached hydrogen (secondary N) is 3. The van der Waals surface area contributed by atoms with E-state index in [4.69, 9.17) is 4.98 Å². The number of rotatable bonds is 7. The number of hydrogen-bond donors (Lipinski definition) is 3. The molecule has 42 heavy (non-hydrogen) atoms. The second kappa shape index (κ2) is 10.8. The molecule has 3 heterocycles. The van der Waals surface area contributed by atoms with Crippen LogP contribution in [0.1, 0.15) is 18.1 Å². The molecule has 0 aliphatic carbocycles. The molecule has 0 saturated heterocycles. The highest BCUT2D eigenvalue weighted by molar-refractivity contribution is 5.99. The van der Waals surface area contributed by atoms with Gasteiger partial charge < -0.3 is 10.3 Å². The highest BCUT2D eigenvalue weighted by atomic mass is 16.1. The van der Waals surface area contributed by atoms with Crippen LogP contribution >= 0.6 is 0 Å². The molecule has 7 heteroatoms. The number of amides is 1. The van der Waals surface area contributed by atoms with Crippen molar-refractivity contribution in [2.45, 2.75) is 19.8 Å². The van der Waals surface area contributed by atoms with Crippen LogP contribution in [-0.4, -0.2) is 31.1 Å². The summed E-state index contributed by atoms with van der Waals surface area (Å²) in [7, 11) is 0. The van der Waals surface area contributed by atoms with E-state index in [1.807, 2.05) is 72.8 Å². The number of nitrogens with zero attached hydrogens (tertiary/aromatic N) is 3. The van der Waals surface area contributed by atoms with E-state index >= 15 is 0 Å². The molecule has 0 radical (unpaired) electrons. The number of para-hydroxylation sites is 1. The van der Waals surface area contributed by atoms with E-state index in [2.05, 4.69) is 56.7 Å². The van der Waals surface area contributed by atoms with E-state index in [0.29, 0.717) is 12.2 Å². The summed E-state index contributed by atoms with van der Waals surface area (Å²) in [6.07, 6.45) is 4.76. The molecule has 0 atom stereocenters. The Hall–Kier alpha value is -5.56. The van der Waals surface area contributed by atoms with Gasteiger partial charge in [0.15, 0.2) is 5.82 Å². The molecule has 0 fully saturated rings. The van der Waals surface area contributed by atoms with Crippen molar-refractivity contribution in [3.63, 3.8) is 0 Å². The van der Waals surface area contributed by atoms with Gasteiger partial charge >= 0.3 is 0 Å². The molecule has 7 rings (SSSR count). The lowest BCUT2D eigenvalue weighted by atomic mass is 9.99. The maximum absolute atomic E-state index is 12.8. The summed E-state index contributed by atoms with van der Waals surface area (Å²) in [6.45, 7) is 2.12. The number of fused-ring (bicyclic) bond motifs is 2. The van der Waals surface area contributed by atoms with Gasteiger partial charge in [-0.25, -0.2) is 4.98 Å². The standard InChI is InChI=1S/C35H28N6O/c1-2-22-17-26(20-27(18-22)37-32(42)19-23-7-4-3-5-8-23)25-11-12-30-29(21-25)34(41-40-30)35-38-31-10-6-9-28(33(31)39-35)24-13-15-36-16-14-24/h3-18,20-21H,2,19H2,1H3,(H,37,42)(H,38,39)(H,40,41). The molecular weight excluding hydrogens is 520 g/mol. The van der Waals surface area contributed by atoms with Crippen LogP contribution in [0.15, 0.2) is 109 Å². The van der Waals surface area contributed by atoms with Gasteiger partial charge in [0.2, 0.25) is 5.91 Å². The van der Waals surface area contributed by atoms with Crippen molar-refractivity contribution in [3.8, 4) is 33.8 Å². The van der Waals surface area contributed by atoms with Gasteiger partial charge in [0.25, 0.3) is 0 Å². The van der Waals surface area contributed by atoms with E-state index in [1.165, 1.54) is 0 Å². The molecule has 3 aromatic heterocycles. The zero-order chi connectivity index (χ0) is 28.5. The molecule has 204 valence electrons. The summed E-state index contributed by atoms with van der Waals surface area (Å²) >= 11 is 0. The minimum Gasteiger partial charge on any atom is -0.337 e. The fourth-order valence-electron chi connectivity index (χ4n) is 5.40. The zero-order valence-electron chi connectivity index (χ0n) is 23.1. The number of benzene rings is 4. The second-order valence-corrected chi connectivity index (χ2v) is 10.3. The summed E-state index contributed by atoms with van der Waals surface area (Å²) in [5.41, 5.74) is 10.6. The molecule has 0 saturated carbocycles. The number of H-pyrrole nitrogens is 2. The van der Waals surface area contributed by atoms with Crippen molar-refractivity contribution in [2.75, 3.05) is 5.32 Å². The molecule has 0 unspecified atom stereocenters. The number of imidazole rings is 1. The Morgan fingerprint density at radius 1 is 0.786 bits per heavy atom. The van der Waals surface area contributed by atoms with E-state index < -0.39 is 0 Å². The van der Waals surface area contributed by atoms with Crippen molar-refractivity contribution in [1.82, 2.24) is 25.1 Å². The molecule has 7 aromatic rings. The Labute approximate surface area is 242 Å². The highest BCUT2D eigenvalue weighted by Crippen LogP contribution is 2.34. The van der Waals surface area contributed by atoms with Crippen molar-refractivity contribution in [3.05, 3.63) is 121 Å². The second-order valence-electron chi connectivity index (χ2n) is 10.3. The SMILES string of the molecule is CCc1cc(NC(=O)Cc2ccccc2)cc(-c2ccc3[nH]nc(-c4nc5c(-c6ccncc6)cccc5[nH]4)c3c2)c1. The van der Waals surface area contributed by atoms with Gasteiger partial charge in [-0.05, 0) is 76.7 Å². The first-order chi connectivity index (χ1) is 20.6. The third-order valence-electron chi connectivity index (χ3n) is 7.52. The quantitative estimate of drug-likeness (QED) is 0.191. The number of aryl methyl sites for hydroxylation is 1. The number of carbonyl (C=O) groups is 1. The van der Waals surface area contributed by atoms with Gasteiger partial charge in [-0.15, -0.1) is 0 Å². The molecular formula is C35H28N6O. The molecule has 4 aromatic carbocycles. The van der Waals surface area contributed by atoms with Gasteiger partial charge in [0, 0.05) is 29.0 Å². The van der Waals surface area contributed by atoms with Gasteiger partial charge in [-0.1, -0.05) is 61.5 Å². The smallest absolute Gasteiger partial charge is 0.228 e. The Balaban J connectivity index is 1.24. The van der Waals surface area contributed by atoms with Crippen molar-refractivity contribution in [2.24, 2.45) is 0 Å². The van der Waals surface area contributed by atoms with Gasteiger partial charge in [0.1, 0.15) is 5.69 Å². The normalized spacial score (nSPS) is 11.3. The van der Waals surface area contributed by atoms with Crippen molar-refractivity contribution in [1.29, 1.82) is 0 Å². The average Bonchev–Trinajstić information content (AvgIpc) is 3.65. The van der Waals surface area contributed by atoms with E-state index in [-0.39, 0.29) is 5.91 Å². The third kappa shape index (κ3) is 4.92. The van der Waals surface area contributed by atoms with Crippen LogP contribution in [0.4, 0.5) is 5.69 Å². The van der Waals surface area contributed by atoms with Gasteiger partial charge in [-0.2, -0.15) is 5.10 Å². The summed E-state index contributed by atoms with van der Waals surface area (Å²) in [5.74, 6) is 0.662. The van der Waals surface area contributed by atoms with Crippen LogP contribution in [0.2, 0.25) is 0 Å². The van der Waals surface area contributed by atoms with Crippen molar-refractivity contribution < 1.29 is 4.79 Å². The molecule has 3 N–H and O–H groups in total. The number of anilines is 1. The predicted molar refractivity (Wildman–Crippen MR) is 168 cm³/mol. The fraction of sp³-hybridized carbons (Fsp3) is 0.0857. The third-order valence-corrected chi connectivity index (χ3v) is 7.52. The number of aromatic nitrogens is 5. The van der Waals surface area contributed by atoms with Crippen LogP contribution in [0, 0.1) is 0 Å². The van der Waals surface area contributed by atoms with Crippen LogP contribution in [0.5, 0.6) is 0 Å². The maximum atomic E-state index is 12.8. The van der Waals surface area contributed by atoms with Crippen LogP contribution in [-0.2, 0) is 17.6 Å². The number of carbonyl (C=O) groups excluding carboxylic acids is 1. The van der Waals surface area contributed by atoms with Crippen LogP contribution in [0.3, 0.4) is 0 Å². The Morgan fingerprint density at radius 3 is 2.48 bits per heavy atom. The first kappa shape index (κ1) is 25.4. The van der Waals surface area contributed by atoms with Gasteiger partial charge in [-0.3, -0.25) is 14.9 Å². The Morgan fingerprint density at radius 2 is 1.64 bits per heavy atom. The largest absolute Gasteiger partial charge is 0.337 e. The summed E-state index contributed by atoms with van der Waals surface area (Å²) < 4.78 is 0. The molecule has 0 bridgehead atoms. The fourth-order valence-corrected chi connectivity index (χ4v) is 5.40.